The number of benzene rings is 2. The van der Waals surface area contributed by atoms with Gasteiger partial charge < -0.3 is 0 Å². The minimum atomic E-state index is -0.444. The molecule has 0 spiro atoms. The van der Waals surface area contributed by atoms with Crippen LogP contribution in [0.4, 0.5) is 0 Å². The van der Waals surface area contributed by atoms with Crippen LogP contribution >= 0.6 is 31.9 Å². The highest BCUT2D eigenvalue weighted by Gasteiger charge is 2.13. The molecule has 12 heteroatoms. The molecule has 2 aromatic carbocycles. The van der Waals surface area contributed by atoms with Crippen molar-refractivity contribution in [1.82, 2.24) is 39.1 Å². The van der Waals surface area contributed by atoms with E-state index in [9.17, 15) is 9.59 Å². The van der Waals surface area contributed by atoms with Gasteiger partial charge in [0.25, 0.3) is 5.56 Å². The maximum atomic E-state index is 13.2. The molecule has 3 aromatic heterocycles. The van der Waals surface area contributed by atoms with Gasteiger partial charge in [-0.1, -0.05) is 66.6 Å². The largest absolute Gasteiger partial charge is 0.331 e. The number of aryl methyl sites for hydroxylation is 1. The molecule has 5 rings (SSSR count). The van der Waals surface area contributed by atoms with E-state index < -0.39 is 5.69 Å². The lowest BCUT2D eigenvalue weighted by molar-refractivity contribution is 0.593. The average Bonchev–Trinajstić information content (AvgIpc) is 3.52. The zero-order valence-electron chi connectivity index (χ0n) is 19.8. The Kier molecular flexibility index (Phi) is 7.28. The summed E-state index contributed by atoms with van der Waals surface area (Å²) in [6.07, 6.45) is 5.10. The van der Waals surface area contributed by atoms with E-state index in [1.165, 1.54) is 9.13 Å². The van der Waals surface area contributed by atoms with Gasteiger partial charge in [-0.05, 0) is 42.3 Å². The summed E-state index contributed by atoms with van der Waals surface area (Å²) in [5.41, 5.74) is 2.92. The first-order valence-electron chi connectivity index (χ1n) is 11.4. The molecule has 0 amide bonds. The summed E-state index contributed by atoms with van der Waals surface area (Å²) in [6, 6.07) is 15.8. The predicted octanol–water partition coefficient (Wildman–Crippen LogP) is 3.22. The smallest absolute Gasteiger partial charge is 0.294 e. The van der Waals surface area contributed by atoms with Crippen LogP contribution < -0.4 is 11.2 Å². The predicted molar refractivity (Wildman–Crippen MR) is 144 cm³/mol. The van der Waals surface area contributed by atoms with Crippen molar-refractivity contribution in [2.45, 2.75) is 33.1 Å². The van der Waals surface area contributed by atoms with Crippen LogP contribution in [0, 0.1) is 6.92 Å². The Morgan fingerprint density at radius 3 is 1.68 bits per heavy atom. The molecule has 0 aliphatic heterocycles. The lowest BCUT2D eigenvalue weighted by Gasteiger charge is -2.09. The molecule has 37 heavy (non-hydrogen) atoms. The molecule has 0 bridgehead atoms. The minimum Gasteiger partial charge on any atom is -0.294 e. The van der Waals surface area contributed by atoms with Crippen molar-refractivity contribution >= 4 is 31.9 Å². The van der Waals surface area contributed by atoms with Gasteiger partial charge in [-0.2, -0.15) is 0 Å². The molecule has 0 aliphatic rings. The molecule has 188 valence electrons. The van der Waals surface area contributed by atoms with E-state index in [1.807, 2.05) is 48.5 Å². The van der Waals surface area contributed by atoms with Gasteiger partial charge in [0.2, 0.25) is 0 Å². The zero-order chi connectivity index (χ0) is 25.9. The molecule has 10 nitrogen and oxygen atoms in total. The number of rotatable bonds is 8. The monoisotopic (exact) mass is 624 g/mol. The fraction of sp³-hybridized carbons (Fsp3) is 0.200. The van der Waals surface area contributed by atoms with Crippen LogP contribution in [-0.4, -0.2) is 39.1 Å². The molecule has 5 aromatic rings. The Morgan fingerprint density at radius 1 is 0.676 bits per heavy atom. The fourth-order valence-electron chi connectivity index (χ4n) is 3.92. The highest BCUT2D eigenvalue weighted by atomic mass is 79.9. The topological polar surface area (TPSA) is 105 Å². The Morgan fingerprint density at radius 2 is 1.16 bits per heavy atom. The van der Waals surface area contributed by atoms with E-state index in [-0.39, 0.29) is 18.6 Å². The first-order chi connectivity index (χ1) is 17.8. The lowest BCUT2D eigenvalue weighted by atomic mass is 10.2. The van der Waals surface area contributed by atoms with Crippen molar-refractivity contribution in [2.24, 2.45) is 0 Å². The van der Waals surface area contributed by atoms with Crippen LogP contribution in [0.15, 0.2) is 85.7 Å². The van der Waals surface area contributed by atoms with E-state index in [0.717, 1.165) is 20.1 Å². The van der Waals surface area contributed by atoms with Gasteiger partial charge in [-0.15, -0.1) is 10.2 Å². The standard InChI is InChI=1S/C25H22Br2N8O2/c1-17-10-32(13-22-14-33(30-28-22)11-18-2-6-20(26)7-3-18)25(37)35(24(17)36)16-23-15-34(31-29-23)12-19-4-8-21(27)9-5-19/h2-10,14-15H,11-13,16H2,1H3. The second-order valence-electron chi connectivity index (χ2n) is 8.68. The van der Waals surface area contributed by atoms with Crippen LogP contribution in [0.2, 0.25) is 0 Å². The molecule has 3 heterocycles. The van der Waals surface area contributed by atoms with Crippen molar-refractivity contribution in [3.8, 4) is 0 Å². The van der Waals surface area contributed by atoms with Crippen LogP contribution in [0.25, 0.3) is 0 Å². The fourth-order valence-corrected chi connectivity index (χ4v) is 4.45. The van der Waals surface area contributed by atoms with Gasteiger partial charge in [0, 0.05) is 20.7 Å². The van der Waals surface area contributed by atoms with Gasteiger partial charge in [0.15, 0.2) is 0 Å². The third kappa shape index (κ3) is 6.03. The molecule has 0 atom stereocenters. The van der Waals surface area contributed by atoms with E-state index in [4.69, 9.17) is 0 Å². The Hall–Kier alpha value is -3.64. The summed E-state index contributed by atoms with van der Waals surface area (Å²) in [5.74, 6) is 0. The summed E-state index contributed by atoms with van der Waals surface area (Å²) in [5, 5.41) is 16.7. The molecule has 0 aliphatic carbocycles. The van der Waals surface area contributed by atoms with Gasteiger partial charge in [-0.25, -0.2) is 14.2 Å². The highest BCUT2D eigenvalue weighted by molar-refractivity contribution is 9.10. The minimum absolute atomic E-state index is 0.0238. The first kappa shape index (κ1) is 25.0. The van der Waals surface area contributed by atoms with Crippen LogP contribution in [0.3, 0.4) is 0 Å². The van der Waals surface area contributed by atoms with Gasteiger partial charge in [-0.3, -0.25) is 13.9 Å². The molecule has 0 unspecified atom stereocenters. The van der Waals surface area contributed by atoms with E-state index >= 15 is 0 Å². The highest BCUT2D eigenvalue weighted by Crippen LogP contribution is 2.12. The third-order valence-corrected chi connectivity index (χ3v) is 6.81. The van der Waals surface area contributed by atoms with E-state index in [0.29, 0.717) is 30.0 Å². The van der Waals surface area contributed by atoms with Crippen LogP contribution in [0.5, 0.6) is 0 Å². The van der Waals surface area contributed by atoms with Crippen molar-refractivity contribution in [2.75, 3.05) is 0 Å². The van der Waals surface area contributed by atoms with Crippen LogP contribution in [-0.2, 0) is 26.2 Å². The van der Waals surface area contributed by atoms with Crippen LogP contribution in [0.1, 0.15) is 28.1 Å². The van der Waals surface area contributed by atoms with E-state index in [2.05, 4.69) is 52.5 Å². The molecule has 0 saturated carbocycles. The summed E-state index contributed by atoms with van der Waals surface area (Å²) >= 11 is 6.86. The van der Waals surface area contributed by atoms with Gasteiger partial charge in [0.1, 0.15) is 11.4 Å². The maximum Gasteiger partial charge on any atom is 0.331 e. The Labute approximate surface area is 228 Å². The zero-order valence-corrected chi connectivity index (χ0v) is 23.0. The summed E-state index contributed by atoms with van der Waals surface area (Å²) in [4.78, 5) is 26.0. The summed E-state index contributed by atoms with van der Waals surface area (Å²) < 4.78 is 8.05. The number of halogens is 2. The lowest BCUT2D eigenvalue weighted by Crippen LogP contribution is -2.41. The van der Waals surface area contributed by atoms with E-state index in [1.54, 1.807) is 34.9 Å². The van der Waals surface area contributed by atoms with Crippen molar-refractivity contribution in [3.63, 3.8) is 0 Å². The SMILES string of the molecule is Cc1cn(Cc2cn(Cc3ccc(Br)cc3)nn2)c(=O)n(Cc2cn(Cc3ccc(Br)cc3)nn2)c1=O. The average molecular weight is 626 g/mol. The Bertz CT molecular complexity index is 1650. The number of aromatic nitrogens is 8. The van der Waals surface area contributed by atoms with Gasteiger partial charge >= 0.3 is 5.69 Å². The first-order valence-corrected chi connectivity index (χ1v) is 13.0. The number of nitrogens with zero attached hydrogens (tertiary/aromatic N) is 8. The quantitative estimate of drug-likeness (QED) is 0.262. The van der Waals surface area contributed by atoms with Gasteiger partial charge in [0.05, 0.1) is 38.6 Å². The molecule has 0 N–H and O–H groups in total. The molecule has 0 radical (unpaired) electrons. The second kappa shape index (κ2) is 10.8. The van der Waals surface area contributed by atoms with Crippen molar-refractivity contribution in [3.05, 3.63) is 125 Å². The molecule has 0 saturated heterocycles. The third-order valence-electron chi connectivity index (χ3n) is 5.75. The number of hydrogen-bond donors (Lipinski definition) is 0. The number of hydrogen-bond acceptors (Lipinski definition) is 6. The summed E-state index contributed by atoms with van der Waals surface area (Å²) in [7, 11) is 0. The molecular weight excluding hydrogens is 604 g/mol. The second-order valence-corrected chi connectivity index (χ2v) is 10.5. The maximum absolute atomic E-state index is 13.2. The van der Waals surface area contributed by atoms with Crippen molar-refractivity contribution in [1.29, 1.82) is 0 Å². The molecule has 0 fully saturated rings. The Balaban J connectivity index is 1.33. The normalized spacial score (nSPS) is 11.2. The molecular formula is C25H22Br2N8O2. The summed E-state index contributed by atoms with van der Waals surface area (Å²) in [6.45, 7) is 2.99. The van der Waals surface area contributed by atoms with Crippen molar-refractivity contribution < 1.29 is 0 Å².